The third kappa shape index (κ3) is 2.47. The number of aromatic nitrogens is 2. The lowest BCUT2D eigenvalue weighted by atomic mass is 10.0. The number of H-pyrrole nitrogens is 1. The van der Waals surface area contributed by atoms with Gasteiger partial charge in [0.15, 0.2) is 5.03 Å². The van der Waals surface area contributed by atoms with Crippen LogP contribution in [0.5, 0.6) is 0 Å². The molecule has 0 spiro atoms. The molecule has 0 aromatic carbocycles. The summed E-state index contributed by atoms with van der Waals surface area (Å²) in [7, 11) is -3.59. The summed E-state index contributed by atoms with van der Waals surface area (Å²) in [6.07, 6.45) is 4.90. The van der Waals surface area contributed by atoms with Gasteiger partial charge in [-0.3, -0.25) is 5.41 Å². The molecule has 0 aliphatic heterocycles. The van der Waals surface area contributed by atoms with E-state index in [0.29, 0.717) is 6.42 Å². The van der Waals surface area contributed by atoms with E-state index in [0.717, 1.165) is 12.8 Å². The Bertz CT molecular complexity index is 495. The predicted molar refractivity (Wildman–Crippen MR) is 62.0 cm³/mol. The maximum absolute atomic E-state index is 11.9. The molecule has 17 heavy (non-hydrogen) atoms. The Morgan fingerprint density at radius 1 is 1.59 bits per heavy atom. The minimum atomic E-state index is -3.59. The van der Waals surface area contributed by atoms with Gasteiger partial charge >= 0.3 is 0 Å². The van der Waals surface area contributed by atoms with Crippen molar-refractivity contribution in [3.05, 3.63) is 12.5 Å². The lowest BCUT2D eigenvalue weighted by Crippen LogP contribution is -2.42. The largest absolute Gasteiger partial charge is 0.387 e. The van der Waals surface area contributed by atoms with Gasteiger partial charge in [0.1, 0.15) is 0 Å². The quantitative estimate of drug-likeness (QED) is 0.440. The first-order valence-corrected chi connectivity index (χ1v) is 6.83. The van der Waals surface area contributed by atoms with Crippen LogP contribution in [0.2, 0.25) is 0 Å². The summed E-state index contributed by atoms with van der Waals surface area (Å²) in [6.45, 7) is 0. The lowest BCUT2D eigenvalue weighted by Gasteiger charge is -2.19. The molecule has 0 bridgehead atoms. The molecule has 1 heterocycles. The average Bonchev–Trinajstić information content (AvgIpc) is 2.85. The standard InChI is InChI=1S/C9H15N5O2S/c10-9(11)6-2-1-3-7(6)14-17(15,16)8-4-12-5-13-8/h4-7,14H,1-3H2,(H3,10,11)(H,12,13). The molecule has 1 fully saturated rings. The minimum absolute atomic E-state index is 0.0340. The van der Waals surface area contributed by atoms with Crippen molar-refractivity contribution in [2.45, 2.75) is 30.3 Å². The van der Waals surface area contributed by atoms with E-state index in [-0.39, 0.29) is 22.8 Å². The second-order valence-electron chi connectivity index (χ2n) is 4.14. The fraction of sp³-hybridized carbons (Fsp3) is 0.556. The molecule has 5 N–H and O–H groups in total. The van der Waals surface area contributed by atoms with Crippen LogP contribution in [0.4, 0.5) is 0 Å². The van der Waals surface area contributed by atoms with Gasteiger partial charge in [-0.15, -0.1) is 0 Å². The van der Waals surface area contributed by atoms with Gasteiger partial charge < -0.3 is 10.7 Å². The fourth-order valence-corrected chi connectivity index (χ4v) is 3.34. The van der Waals surface area contributed by atoms with Gasteiger partial charge in [0.2, 0.25) is 0 Å². The summed E-state index contributed by atoms with van der Waals surface area (Å²) in [5, 5.41) is 7.46. The second-order valence-corrected chi connectivity index (χ2v) is 5.82. The van der Waals surface area contributed by atoms with Crippen LogP contribution in [0, 0.1) is 11.3 Å². The van der Waals surface area contributed by atoms with Gasteiger partial charge in [0.05, 0.1) is 18.4 Å². The molecular weight excluding hydrogens is 242 g/mol. The first-order chi connectivity index (χ1) is 8.00. The molecule has 1 aliphatic rings. The Labute approximate surface area is 99.4 Å². The van der Waals surface area contributed by atoms with Crippen molar-refractivity contribution in [2.75, 3.05) is 0 Å². The van der Waals surface area contributed by atoms with Crippen molar-refractivity contribution >= 4 is 15.9 Å². The lowest BCUT2D eigenvalue weighted by molar-refractivity contribution is 0.519. The summed E-state index contributed by atoms with van der Waals surface area (Å²) < 4.78 is 26.4. The van der Waals surface area contributed by atoms with Crippen LogP contribution in [0.25, 0.3) is 0 Å². The molecule has 1 aromatic heterocycles. The zero-order valence-corrected chi connectivity index (χ0v) is 10.00. The predicted octanol–water partition coefficient (Wildman–Crippen LogP) is -0.207. The van der Waals surface area contributed by atoms with Crippen LogP contribution >= 0.6 is 0 Å². The smallest absolute Gasteiger partial charge is 0.257 e. The first-order valence-electron chi connectivity index (χ1n) is 5.35. The molecule has 2 atom stereocenters. The van der Waals surface area contributed by atoms with E-state index in [2.05, 4.69) is 14.7 Å². The molecule has 2 unspecified atom stereocenters. The van der Waals surface area contributed by atoms with Gasteiger partial charge in [-0.1, -0.05) is 6.42 Å². The van der Waals surface area contributed by atoms with Crippen molar-refractivity contribution in [2.24, 2.45) is 11.7 Å². The fourth-order valence-electron chi connectivity index (χ4n) is 2.13. The molecule has 0 radical (unpaired) electrons. The zero-order valence-electron chi connectivity index (χ0n) is 9.18. The van der Waals surface area contributed by atoms with Crippen LogP contribution in [-0.2, 0) is 10.0 Å². The maximum Gasteiger partial charge on any atom is 0.257 e. The van der Waals surface area contributed by atoms with E-state index in [9.17, 15) is 8.42 Å². The number of rotatable bonds is 4. The molecule has 1 aliphatic carbocycles. The van der Waals surface area contributed by atoms with Crippen molar-refractivity contribution in [1.29, 1.82) is 5.41 Å². The number of hydrogen-bond donors (Lipinski definition) is 4. The highest BCUT2D eigenvalue weighted by Crippen LogP contribution is 2.26. The highest BCUT2D eigenvalue weighted by Gasteiger charge is 2.33. The molecule has 0 amide bonds. The van der Waals surface area contributed by atoms with Crippen molar-refractivity contribution in [3.8, 4) is 0 Å². The van der Waals surface area contributed by atoms with Crippen molar-refractivity contribution in [1.82, 2.24) is 14.7 Å². The monoisotopic (exact) mass is 257 g/mol. The summed E-state index contributed by atoms with van der Waals surface area (Å²) in [5.74, 6) is -0.160. The van der Waals surface area contributed by atoms with Crippen LogP contribution < -0.4 is 10.5 Å². The summed E-state index contributed by atoms with van der Waals surface area (Å²) in [5.41, 5.74) is 5.45. The van der Waals surface area contributed by atoms with Gasteiger partial charge in [-0.25, -0.2) is 18.1 Å². The number of nitrogens with zero attached hydrogens (tertiary/aromatic N) is 1. The Kier molecular flexibility index (Phi) is 3.16. The molecule has 1 aromatic rings. The molecule has 1 saturated carbocycles. The highest BCUT2D eigenvalue weighted by atomic mass is 32.2. The number of amidine groups is 1. The Hall–Kier alpha value is -1.41. The number of nitrogens with one attached hydrogen (secondary N) is 3. The molecule has 2 rings (SSSR count). The van der Waals surface area contributed by atoms with Crippen LogP contribution in [0.3, 0.4) is 0 Å². The molecule has 8 heteroatoms. The van der Waals surface area contributed by atoms with Gasteiger partial charge in [0.25, 0.3) is 10.0 Å². The van der Waals surface area contributed by atoms with Crippen molar-refractivity contribution in [3.63, 3.8) is 0 Å². The SMILES string of the molecule is N=C(N)C1CCCC1NS(=O)(=O)c1cnc[nH]1. The van der Waals surface area contributed by atoms with E-state index < -0.39 is 10.0 Å². The number of aromatic amines is 1. The summed E-state index contributed by atoms with van der Waals surface area (Å²) in [4.78, 5) is 6.22. The van der Waals surface area contributed by atoms with Crippen LogP contribution in [-0.4, -0.2) is 30.3 Å². The number of sulfonamides is 1. The van der Waals surface area contributed by atoms with E-state index in [1.165, 1.54) is 12.5 Å². The highest BCUT2D eigenvalue weighted by molar-refractivity contribution is 7.89. The topological polar surface area (TPSA) is 125 Å². The maximum atomic E-state index is 11.9. The molecule has 94 valence electrons. The molecule has 7 nitrogen and oxygen atoms in total. The first kappa shape index (κ1) is 12.1. The third-order valence-corrected chi connectivity index (χ3v) is 4.40. The Balaban J connectivity index is 2.14. The van der Waals surface area contributed by atoms with Gasteiger partial charge in [-0.05, 0) is 12.8 Å². The molecular formula is C9H15N5O2S. The van der Waals surface area contributed by atoms with E-state index >= 15 is 0 Å². The van der Waals surface area contributed by atoms with E-state index in [1.54, 1.807) is 0 Å². The second kappa shape index (κ2) is 4.46. The Morgan fingerprint density at radius 2 is 2.35 bits per heavy atom. The molecule has 0 saturated heterocycles. The van der Waals surface area contributed by atoms with E-state index in [4.69, 9.17) is 11.1 Å². The normalized spacial score (nSPS) is 24.9. The van der Waals surface area contributed by atoms with Crippen molar-refractivity contribution < 1.29 is 8.42 Å². The zero-order chi connectivity index (χ0) is 12.5. The van der Waals surface area contributed by atoms with E-state index in [1.807, 2.05) is 0 Å². The number of hydrogen-bond acceptors (Lipinski definition) is 4. The summed E-state index contributed by atoms with van der Waals surface area (Å²) >= 11 is 0. The van der Waals surface area contributed by atoms with Gasteiger partial charge in [-0.2, -0.15) is 0 Å². The van der Waals surface area contributed by atoms with Crippen LogP contribution in [0.1, 0.15) is 19.3 Å². The summed E-state index contributed by atoms with van der Waals surface area (Å²) in [6, 6.07) is -0.291. The minimum Gasteiger partial charge on any atom is -0.387 e. The number of imidazole rings is 1. The number of nitrogens with two attached hydrogens (primary N) is 1. The third-order valence-electron chi connectivity index (χ3n) is 2.98. The van der Waals surface area contributed by atoms with Gasteiger partial charge in [0, 0.05) is 12.0 Å². The average molecular weight is 257 g/mol. The Morgan fingerprint density at radius 3 is 2.94 bits per heavy atom. The van der Waals surface area contributed by atoms with Crippen LogP contribution in [0.15, 0.2) is 17.6 Å².